The minimum absolute atomic E-state index is 0.856. The summed E-state index contributed by atoms with van der Waals surface area (Å²) in [5.41, 5.74) is 1.48. The SMILES string of the molecule is CC[C@@H]1C[C@H]2C[C@H]2N1Cc1ccccc1. The summed E-state index contributed by atoms with van der Waals surface area (Å²) >= 11 is 0. The molecule has 80 valence electrons. The van der Waals surface area contributed by atoms with Gasteiger partial charge in [0.15, 0.2) is 0 Å². The van der Waals surface area contributed by atoms with E-state index in [9.17, 15) is 0 Å². The van der Waals surface area contributed by atoms with E-state index in [4.69, 9.17) is 0 Å². The standard InChI is InChI=1S/C14H19N/c1-2-13-8-12-9-14(12)15(13)10-11-6-4-3-5-7-11/h3-7,12-14H,2,8-10H2,1H3/t12-,13+,14+/m0/s1. The van der Waals surface area contributed by atoms with Crippen LogP contribution in [0.4, 0.5) is 0 Å². The number of likely N-dealkylation sites (tertiary alicyclic amines) is 1. The zero-order chi connectivity index (χ0) is 10.3. The topological polar surface area (TPSA) is 3.24 Å². The third-order valence-corrected chi connectivity index (χ3v) is 4.03. The molecule has 15 heavy (non-hydrogen) atoms. The number of fused-ring (bicyclic) bond motifs is 1. The first-order valence-electron chi connectivity index (χ1n) is 6.18. The predicted octanol–water partition coefficient (Wildman–Crippen LogP) is 3.06. The molecule has 2 fully saturated rings. The highest BCUT2D eigenvalue weighted by molar-refractivity contribution is 5.16. The van der Waals surface area contributed by atoms with Crippen LogP contribution in [0.25, 0.3) is 0 Å². The molecule has 1 aromatic rings. The van der Waals surface area contributed by atoms with E-state index in [0.29, 0.717) is 0 Å². The Kier molecular flexibility index (Phi) is 2.28. The molecule has 0 bridgehead atoms. The number of piperidine rings is 1. The molecule has 3 rings (SSSR count). The Morgan fingerprint density at radius 1 is 1.20 bits per heavy atom. The van der Waals surface area contributed by atoms with Crippen molar-refractivity contribution in [2.75, 3.05) is 0 Å². The van der Waals surface area contributed by atoms with E-state index in [1.54, 1.807) is 0 Å². The number of hydrogen-bond acceptors (Lipinski definition) is 1. The first-order valence-corrected chi connectivity index (χ1v) is 6.18. The Bertz CT molecular complexity index is 332. The van der Waals surface area contributed by atoms with Gasteiger partial charge in [-0.25, -0.2) is 0 Å². The summed E-state index contributed by atoms with van der Waals surface area (Å²) in [7, 11) is 0. The minimum atomic E-state index is 0.856. The largest absolute Gasteiger partial charge is 0.293 e. The molecule has 0 amide bonds. The molecule has 0 radical (unpaired) electrons. The Morgan fingerprint density at radius 3 is 2.73 bits per heavy atom. The first-order chi connectivity index (χ1) is 7.38. The van der Waals surface area contributed by atoms with Crippen LogP contribution in [-0.2, 0) is 6.54 Å². The molecule has 0 aromatic heterocycles. The van der Waals surface area contributed by atoms with Gasteiger partial charge in [0.05, 0.1) is 0 Å². The van der Waals surface area contributed by atoms with E-state index < -0.39 is 0 Å². The molecule has 3 atom stereocenters. The van der Waals surface area contributed by atoms with E-state index in [1.165, 1.54) is 31.4 Å². The molecule has 0 spiro atoms. The molecule has 1 nitrogen and oxygen atoms in total. The molecule has 1 aliphatic heterocycles. The maximum absolute atomic E-state index is 2.74. The maximum atomic E-state index is 2.74. The Balaban J connectivity index is 1.72. The predicted molar refractivity (Wildman–Crippen MR) is 62.6 cm³/mol. The molecule has 1 saturated heterocycles. The van der Waals surface area contributed by atoms with Gasteiger partial charge < -0.3 is 0 Å². The second kappa shape index (κ2) is 3.64. The van der Waals surface area contributed by atoms with Gasteiger partial charge in [-0.3, -0.25) is 4.90 Å². The molecular weight excluding hydrogens is 182 g/mol. The molecule has 1 aromatic carbocycles. The van der Waals surface area contributed by atoms with Crippen molar-refractivity contribution in [1.82, 2.24) is 4.90 Å². The lowest BCUT2D eigenvalue weighted by atomic mass is 10.1. The van der Waals surface area contributed by atoms with E-state index >= 15 is 0 Å². The number of nitrogens with zero attached hydrogens (tertiary/aromatic N) is 1. The van der Waals surface area contributed by atoms with Crippen molar-refractivity contribution in [2.24, 2.45) is 5.92 Å². The van der Waals surface area contributed by atoms with E-state index in [2.05, 4.69) is 42.2 Å². The first kappa shape index (κ1) is 9.41. The summed E-state index contributed by atoms with van der Waals surface area (Å²) in [5.74, 6) is 1.04. The lowest BCUT2D eigenvalue weighted by Gasteiger charge is -2.26. The summed E-state index contributed by atoms with van der Waals surface area (Å²) in [6.45, 7) is 3.49. The van der Waals surface area contributed by atoms with Crippen LogP contribution < -0.4 is 0 Å². The van der Waals surface area contributed by atoms with Crippen molar-refractivity contribution in [3.8, 4) is 0 Å². The summed E-state index contributed by atoms with van der Waals surface area (Å²) < 4.78 is 0. The molecule has 1 aliphatic carbocycles. The van der Waals surface area contributed by atoms with Gasteiger partial charge in [-0.15, -0.1) is 0 Å². The van der Waals surface area contributed by atoms with Gasteiger partial charge in [0.2, 0.25) is 0 Å². The van der Waals surface area contributed by atoms with Gasteiger partial charge in [0.25, 0.3) is 0 Å². The van der Waals surface area contributed by atoms with Crippen LogP contribution in [0.3, 0.4) is 0 Å². The summed E-state index contributed by atoms with van der Waals surface area (Å²) in [6, 6.07) is 12.7. The fourth-order valence-electron chi connectivity index (χ4n) is 3.09. The second-order valence-corrected chi connectivity index (χ2v) is 5.02. The number of rotatable bonds is 3. The number of benzene rings is 1. The molecule has 1 heteroatoms. The maximum Gasteiger partial charge on any atom is 0.0239 e. The average molecular weight is 201 g/mol. The molecular formula is C14H19N. The molecule has 2 aliphatic rings. The second-order valence-electron chi connectivity index (χ2n) is 5.02. The van der Waals surface area contributed by atoms with Crippen LogP contribution >= 0.6 is 0 Å². The van der Waals surface area contributed by atoms with Gasteiger partial charge in [-0.05, 0) is 30.7 Å². The van der Waals surface area contributed by atoms with Crippen LogP contribution in [0.2, 0.25) is 0 Å². The van der Waals surface area contributed by atoms with Crippen LogP contribution in [0, 0.1) is 5.92 Å². The quantitative estimate of drug-likeness (QED) is 0.726. The Morgan fingerprint density at radius 2 is 2.00 bits per heavy atom. The zero-order valence-corrected chi connectivity index (χ0v) is 9.39. The monoisotopic (exact) mass is 201 g/mol. The summed E-state index contributed by atoms with van der Waals surface area (Å²) in [6.07, 6.45) is 4.23. The highest BCUT2D eigenvalue weighted by Crippen LogP contribution is 2.49. The van der Waals surface area contributed by atoms with Gasteiger partial charge >= 0.3 is 0 Å². The minimum Gasteiger partial charge on any atom is -0.293 e. The Labute approximate surface area is 92.1 Å². The van der Waals surface area contributed by atoms with Crippen LogP contribution in [0.15, 0.2) is 30.3 Å². The van der Waals surface area contributed by atoms with Crippen molar-refractivity contribution < 1.29 is 0 Å². The fraction of sp³-hybridized carbons (Fsp3) is 0.571. The van der Waals surface area contributed by atoms with E-state index in [-0.39, 0.29) is 0 Å². The third kappa shape index (κ3) is 1.69. The molecule has 1 saturated carbocycles. The van der Waals surface area contributed by atoms with Gasteiger partial charge in [0, 0.05) is 18.6 Å². The van der Waals surface area contributed by atoms with Crippen LogP contribution in [0.5, 0.6) is 0 Å². The van der Waals surface area contributed by atoms with Gasteiger partial charge in [-0.1, -0.05) is 37.3 Å². The number of hydrogen-bond donors (Lipinski definition) is 0. The highest BCUT2D eigenvalue weighted by Gasteiger charge is 2.50. The lowest BCUT2D eigenvalue weighted by molar-refractivity contribution is 0.204. The van der Waals surface area contributed by atoms with Gasteiger partial charge in [0.1, 0.15) is 0 Å². The molecule has 0 N–H and O–H groups in total. The molecule has 1 heterocycles. The summed E-state index contributed by atoms with van der Waals surface area (Å²) in [5, 5.41) is 0. The van der Waals surface area contributed by atoms with Gasteiger partial charge in [-0.2, -0.15) is 0 Å². The van der Waals surface area contributed by atoms with Crippen molar-refractivity contribution in [1.29, 1.82) is 0 Å². The van der Waals surface area contributed by atoms with Crippen molar-refractivity contribution >= 4 is 0 Å². The lowest BCUT2D eigenvalue weighted by Crippen LogP contribution is -2.31. The van der Waals surface area contributed by atoms with Crippen LogP contribution in [0.1, 0.15) is 31.7 Å². The normalized spacial score (nSPS) is 34.1. The van der Waals surface area contributed by atoms with Crippen molar-refractivity contribution in [2.45, 2.75) is 44.8 Å². The highest BCUT2D eigenvalue weighted by atomic mass is 15.2. The zero-order valence-electron chi connectivity index (χ0n) is 9.39. The summed E-state index contributed by atoms with van der Waals surface area (Å²) in [4.78, 5) is 2.74. The Hall–Kier alpha value is -0.820. The van der Waals surface area contributed by atoms with Crippen molar-refractivity contribution in [3.63, 3.8) is 0 Å². The van der Waals surface area contributed by atoms with Crippen molar-refractivity contribution in [3.05, 3.63) is 35.9 Å². The van der Waals surface area contributed by atoms with E-state index in [1.807, 2.05) is 0 Å². The van der Waals surface area contributed by atoms with Crippen LogP contribution in [-0.4, -0.2) is 17.0 Å². The fourth-order valence-corrected chi connectivity index (χ4v) is 3.09. The average Bonchev–Trinajstić information content (AvgIpc) is 2.97. The van der Waals surface area contributed by atoms with E-state index in [0.717, 1.165) is 18.0 Å². The molecule has 0 unspecified atom stereocenters. The third-order valence-electron chi connectivity index (χ3n) is 4.03. The smallest absolute Gasteiger partial charge is 0.0239 e.